The second kappa shape index (κ2) is 8.22. The highest BCUT2D eigenvalue weighted by atomic mass is 35.5. The van der Waals surface area contributed by atoms with Crippen LogP contribution in [0.3, 0.4) is 0 Å². The lowest BCUT2D eigenvalue weighted by molar-refractivity contribution is 0.0747. The van der Waals surface area contributed by atoms with Crippen molar-refractivity contribution in [2.75, 3.05) is 31.1 Å². The highest BCUT2D eigenvalue weighted by molar-refractivity contribution is 7.20. The van der Waals surface area contributed by atoms with Crippen LogP contribution in [0.15, 0.2) is 42.5 Å². The van der Waals surface area contributed by atoms with Gasteiger partial charge in [-0.3, -0.25) is 4.79 Å². The van der Waals surface area contributed by atoms with Crippen LogP contribution in [0.25, 0.3) is 15.3 Å². The number of aryl methyl sites for hydroxylation is 3. The van der Waals surface area contributed by atoms with E-state index in [4.69, 9.17) is 16.6 Å². The lowest BCUT2D eigenvalue weighted by Gasteiger charge is -2.36. The highest BCUT2D eigenvalue weighted by Crippen LogP contribution is 2.38. The Morgan fingerprint density at radius 2 is 1.81 bits per heavy atom. The Bertz CT molecular complexity index is 1320. The summed E-state index contributed by atoms with van der Waals surface area (Å²) in [7, 11) is 0. The molecule has 8 heteroatoms. The van der Waals surface area contributed by atoms with Gasteiger partial charge >= 0.3 is 0 Å². The fraction of sp³-hybridized carbons (Fsp3) is 0.292. The predicted molar refractivity (Wildman–Crippen MR) is 131 cm³/mol. The van der Waals surface area contributed by atoms with Gasteiger partial charge in [-0.25, -0.2) is 9.67 Å². The SMILES string of the molecule is Cc1cccc(C(=O)N2CCN(c3c(Cl)ccc4sc(-n5nc(C)cc5C)nc34)CC2)c1. The Hall–Kier alpha value is -2.90. The largest absolute Gasteiger partial charge is 0.365 e. The average Bonchev–Trinajstić information content (AvgIpc) is 3.35. The maximum atomic E-state index is 12.9. The van der Waals surface area contributed by atoms with Crippen molar-refractivity contribution in [3.05, 3.63) is 70.0 Å². The van der Waals surface area contributed by atoms with Gasteiger partial charge in [0.2, 0.25) is 5.13 Å². The molecule has 32 heavy (non-hydrogen) atoms. The first-order chi connectivity index (χ1) is 15.4. The van der Waals surface area contributed by atoms with E-state index in [1.54, 1.807) is 11.3 Å². The molecule has 0 saturated carbocycles. The van der Waals surface area contributed by atoms with E-state index in [0.717, 1.165) is 43.6 Å². The summed E-state index contributed by atoms with van der Waals surface area (Å²) in [5.41, 5.74) is 5.69. The fourth-order valence-electron chi connectivity index (χ4n) is 4.25. The Balaban J connectivity index is 1.41. The third kappa shape index (κ3) is 3.76. The van der Waals surface area contributed by atoms with Crippen molar-refractivity contribution in [2.24, 2.45) is 0 Å². The number of thiazole rings is 1. The molecule has 0 aliphatic carbocycles. The molecule has 2 aromatic heterocycles. The lowest BCUT2D eigenvalue weighted by atomic mass is 10.1. The van der Waals surface area contributed by atoms with E-state index in [-0.39, 0.29) is 5.91 Å². The summed E-state index contributed by atoms with van der Waals surface area (Å²) in [6, 6.07) is 13.8. The molecule has 6 nitrogen and oxygen atoms in total. The second-order valence-electron chi connectivity index (χ2n) is 8.23. The summed E-state index contributed by atoms with van der Waals surface area (Å²) < 4.78 is 2.96. The first-order valence-corrected chi connectivity index (χ1v) is 11.8. The second-order valence-corrected chi connectivity index (χ2v) is 9.64. The molecule has 1 aliphatic rings. The highest BCUT2D eigenvalue weighted by Gasteiger charge is 2.26. The molecule has 5 rings (SSSR count). The van der Waals surface area contributed by atoms with E-state index in [9.17, 15) is 4.79 Å². The zero-order chi connectivity index (χ0) is 22.4. The van der Waals surface area contributed by atoms with E-state index in [0.29, 0.717) is 31.2 Å². The number of hydrogen-bond donors (Lipinski definition) is 0. The van der Waals surface area contributed by atoms with E-state index >= 15 is 0 Å². The minimum atomic E-state index is 0.0816. The van der Waals surface area contributed by atoms with Gasteiger partial charge in [0.05, 0.1) is 21.1 Å². The van der Waals surface area contributed by atoms with E-state index in [1.165, 1.54) is 0 Å². The van der Waals surface area contributed by atoms with Gasteiger partial charge in [0, 0.05) is 37.4 Å². The summed E-state index contributed by atoms with van der Waals surface area (Å²) >= 11 is 8.27. The van der Waals surface area contributed by atoms with Crippen LogP contribution in [-0.4, -0.2) is 51.8 Å². The van der Waals surface area contributed by atoms with Crippen LogP contribution in [-0.2, 0) is 0 Å². The van der Waals surface area contributed by atoms with Gasteiger partial charge in [-0.2, -0.15) is 5.10 Å². The standard InChI is InChI=1S/C24H24ClN5OS/c1-15-5-4-6-18(13-15)23(31)29-11-9-28(10-12-29)22-19(25)7-8-20-21(22)26-24(32-20)30-17(3)14-16(2)27-30/h4-8,13-14H,9-12H2,1-3H3. The van der Waals surface area contributed by atoms with E-state index in [1.807, 2.05) is 72.8 Å². The summed E-state index contributed by atoms with van der Waals surface area (Å²) in [6.07, 6.45) is 0. The molecule has 0 unspecified atom stereocenters. The number of fused-ring (bicyclic) bond motifs is 1. The Kier molecular flexibility index (Phi) is 5.39. The summed E-state index contributed by atoms with van der Waals surface area (Å²) in [5.74, 6) is 0.0816. The number of piperazine rings is 1. The number of carbonyl (C=O) groups excluding carboxylic acids is 1. The quantitative estimate of drug-likeness (QED) is 0.426. The molecule has 2 aromatic carbocycles. The van der Waals surface area contributed by atoms with Crippen LogP contribution < -0.4 is 4.90 Å². The number of hydrogen-bond acceptors (Lipinski definition) is 5. The van der Waals surface area contributed by atoms with Gasteiger partial charge in [0.15, 0.2) is 0 Å². The molecule has 1 aliphatic heterocycles. The van der Waals surface area contributed by atoms with Crippen LogP contribution in [0.5, 0.6) is 0 Å². The van der Waals surface area contributed by atoms with Crippen LogP contribution in [0, 0.1) is 20.8 Å². The van der Waals surface area contributed by atoms with Gasteiger partial charge in [0.25, 0.3) is 5.91 Å². The molecule has 0 N–H and O–H groups in total. The number of nitrogens with zero attached hydrogens (tertiary/aromatic N) is 5. The number of aromatic nitrogens is 3. The number of amides is 1. The van der Waals surface area contributed by atoms with Crippen molar-refractivity contribution in [2.45, 2.75) is 20.8 Å². The topological polar surface area (TPSA) is 54.3 Å². The number of rotatable bonds is 3. The maximum Gasteiger partial charge on any atom is 0.253 e. The summed E-state index contributed by atoms with van der Waals surface area (Å²) in [5, 5.41) is 6.10. The van der Waals surface area contributed by atoms with Crippen LogP contribution in [0.1, 0.15) is 27.3 Å². The Morgan fingerprint density at radius 1 is 1.03 bits per heavy atom. The molecule has 1 fully saturated rings. The first kappa shape index (κ1) is 21.0. The van der Waals surface area contributed by atoms with Crippen LogP contribution in [0.2, 0.25) is 5.02 Å². The van der Waals surface area contributed by atoms with Crippen molar-refractivity contribution in [1.82, 2.24) is 19.7 Å². The van der Waals surface area contributed by atoms with Crippen LogP contribution >= 0.6 is 22.9 Å². The van der Waals surface area contributed by atoms with Crippen molar-refractivity contribution in [1.29, 1.82) is 0 Å². The Morgan fingerprint density at radius 3 is 2.50 bits per heavy atom. The number of benzene rings is 2. The van der Waals surface area contributed by atoms with Crippen LogP contribution in [0.4, 0.5) is 5.69 Å². The third-order valence-corrected chi connectivity index (χ3v) is 7.11. The third-order valence-electron chi connectivity index (χ3n) is 5.81. The van der Waals surface area contributed by atoms with Crippen molar-refractivity contribution in [3.63, 3.8) is 0 Å². The molecule has 1 amide bonds. The van der Waals surface area contributed by atoms with Gasteiger partial charge < -0.3 is 9.80 Å². The monoisotopic (exact) mass is 465 g/mol. The fourth-order valence-corrected chi connectivity index (χ4v) is 5.50. The number of halogens is 1. The number of anilines is 1. The van der Waals surface area contributed by atoms with Crippen molar-refractivity contribution < 1.29 is 4.79 Å². The molecule has 0 atom stereocenters. The molecule has 4 aromatic rings. The normalized spacial score (nSPS) is 14.4. The van der Waals surface area contributed by atoms with Crippen molar-refractivity contribution in [3.8, 4) is 5.13 Å². The first-order valence-electron chi connectivity index (χ1n) is 10.6. The minimum Gasteiger partial charge on any atom is -0.365 e. The smallest absolute Gasteiger partial charge is 0.253 e. The summed E-state index contributed by atoms with van der Waals surface area (Å²) in [4.78, 5) is 22.0. The van der Waals surface area contributed by atoms with Gasteiger partial charge in [-0.1, -0.05) is 40.6 Å². The minimum absolute atomic E-state index is 0.0816. The lowest BCUT2D eigenvalue weighted by Crippen LogP contribution is -2.49. The molecule has 0 bridgehead atoms. The molecule has 3 heterocycles. The van der Waals surface area contributed by atoms with E-state index < -0.39 is 0 Å². The van der Waals surface area contributed by atoms with Gasteiger partial charge in [-0.05, 0) is 51.1 Å². The molecule has 164 valence electrons. The van der Waals surface area contributed by atoms with E-state index in [2.05, 4.69) is 10.00 Å². The molecule has 0 spiro atoms. The molecular weight excluding hydrogens is 442 g/mol. The Labute approximate surface area is 196 Å². The molecule has 0 radical (unpaired) electrons. The molecular formula is C24H24ClN5OS. The van der Waals surface area contributed by atoms with Gasteiger partial charge in [0.1, 0.15) is 5.52 Å². The van der Waals surface area contributed by atoms with Gasteiger partial charge in [-0.15, -0.1) is 0 Å². The summed E-state index contributed by atoms with van der Waals surface area (Å²) in [6.45, 7) is 8.74. The number of carbonyl (C=O) groups is 1. The zero-order valence-electron chi connectivity index (χ0n) is 18.3. The average molecular weight is 466 g/mol. The van der Waals surface area contributed by atoms with Crippen molar-refractivity contribution >= 4 is 44.7 Å². The maximum absolute atomic E-state index is 12.9. The molecule has 1 saturated heterocycles. The predicted octanol–water partition coefficient (Wildman–Crippen LogP) is 5.02. The zero-order valence-corrected chi connectivity index (χ0v) is 19.9.